The van der Waals surface area contributed by atoms with Gasteiger partial charge in [0, 0.05) is 87.6 Å². The first-order valence-electron chi connectivity index (χ1n) is 32.9. The maximum Gasteiger partial charge on any atom is 0.333 e. The van der Waals surface area contributed by atoms with Gasteiger partial charge in [0.05, 0.1) is 0 Å². The third-order valence-electron chi connectivity index (χ3n) is 21.8. The summed E-state index contributed by atoms with van der Waals surface area (Å²) in [4.78, 5) is 7.93. The Morgan fingerprint density at radius 1 is 0.449 bits per heavy atom. The minimum absolute atomic E-state index is 0.0125. The summed E-state index contributed by atoms with van der Waals surface area (Å²) in [5.74, 6) is 0. The Morgan fingerprint density at radius 2 is 0.944 bits per heavy atom. The molecule has 4 nitrogen and oxygen atoms in total. The second-order valence-corrected chi connectivity index (χ2v) is 33.9. The lowest BCUT2D eigenvalue weighted by atomic mass is 9.42. The fourth-order valence-electron chi connectivity index (χ4n) is 15.9. The highest BCUT2D eigenvalue weighted by molar-refractivity contribution is 7.26. The molecule has 0 atom stereocenters. The van der Waals surface area contributed by atoms with Crippen LogP contribution in [-0.4, -0.2) is 6.85 Å². The van der Waals surface area contributed by atoms with Crippen molar-refractivity contribution in [1.29, 1.82) is 0 Å². The number of anilines is 8. The molecule has 0 saturated carbocycles. The third-order valence-corrected chi connectivity index (χ3v) is 22.9. The Balaban J connectivity index is 1.04. The number of hydrogen-bond acceptors (Lipinski definition) is 5. The van der Waals surface area contributed by atoms with Crippen LogP contribution in [0.5, 0.6) is 0 Å². The average Bonchev–Trinajstić information content (AvgIpc) is 1.61. The standard InChI is InChI=1S/C83H88BN3OS/c1-49-41-62-64(82(15,16)39-37-80(62,11)12)46-67(49)86-69-47-65-63(81(13,14)38-40-83(65,17)18)45-66(69)84-75-70(86)44-60-57-21-19-20-22-71(57)88-76(60)74(75)61-43-59-58-36-35-56(42-72(58)89-73(59)48-68(61)87(84)55-33-27-52(28-34-55)79(8,9)10)85(53-29-23-50(24-30-53)77(2,3)4)54-31-25-51(26-32-54)78(5,6)7/h19-36,41-48H,37-40H2,1-18H3. The molecule has 0 fully saturated rings. The Morgan fingerprint density at radius 3 is 1.51 bits per heavy atom. The second kappa shape index (κ2) is 19.3. The Kier molecular flexibility index (Phi) is 12.5. The lowest BCUT2D eigenvalue weighted by Crippen LogP contribution is -2.62. The highest BCUT2D eigenvalue weighted by Gasteiger charge is 2.50. The Labute approximate surface area is 534 Å². The van der Waals surface area contributed by atoms with Gasteiger partial charge in [-0.15, -0.1) is 11.3 Å². The summed E-state index contributed by atoms with van der Waals surface area (Å²) in [7, 11) is 0. The van der Waals surface area contributed by atoms with Crippen LogP contribution in [0.3, 0.4) is 0 Å². The molecule has 11 aromatic rings. The van der Waals surface area contributed by atoms with Crippen molar-refractivity contribution in [2.75, 3.05) is 14.6 Å². The SMILES string of the molecule is Cc1cc2c(cc1N1c3cc4c(cc3B3c5c1cc1c(oc6ccccc61)c5-c1cc5c(cc1N3c1ccc(C(C)(C)C)cc1)sc1cc(N(c3ccc(C(C)(C)C)cc3)c3ccc(C(C)(C)C)cc3)ccc15)C(C)(C)CCC4(C)C)C(C)(C)CCC2(C)C. The first-order chi connectivity index (χ1) is 41.9. The van der Waals surface area contributed by atoms with Crippen LogP contribution in [0.1, 0.15) is 188 Å². The first-order valence-corrected chi connectivity index (χ1v) is 33.7. The van der Waals surface area contributed by atoms with Crippen molar-refractivity contribution in [2.45, 2.75) is 188 Å². The summed E-state index contributed by atoms with van der Waals surface area (Å²) >= 11 is 1.91. The molecular formula is C83H88BN3OS. The van der Waals surface area contributed by atoms with E-state index in [9.17, 15) is 0 Å². The number of nitrogens with zero attached hydrogens (tertiary/aromatic N) is 3. The molecule has 450 valence electrons. The van der Waals surface area contributed by atoms with E-state index in [1.54, 1.807) is 0 Å². The molecule has 0 spiro atoms. The summed E-state index contributed by atoms with van der Waals surface area (Å²) in [5, 5.41) is 4.81. The molecular weight excluding hydrogens is 1100 g/mol. The highest BCUT2D eigenvalue weighted by atomic mass is 32.1. The van der Waals surface area contributed by atoms with Crippen LogP contribution < -0.4 is 25.5 Å². The van der Waals surface area contributed by atoms with Crippen molar-refractivity contribution >= 4 is 117 Å². The number of benzene rings is 9. The molecule has 6 heteroatoms. The van der Waals surface area contributed by atoms with Crippen molar-refractivity contribution in [2.24, 2.45) is 0 Å². The van der Waals surface area contributed by atoms with E-state index in [2.05, 4.69) is 297 Å². The van der Waals surface area contributed by atoms with E-state index in [0.717, 1.165) is 58.3 Å². The number of fused-ring (bicyclic) bond motifs is 13. The fraction of sp³-hybridized carbons (Fsp3) is 0.349. The van der Waals surface area contributed by atoms with E-state index in [0.29, 0.717) is 0 Å². The minimum Gasteiger partial charge on any atom is -0.455 e. The zero-order chi connectivity index (χ0) is 62.6. The number of thiophene rings is 1. The van der Waals surface area contributed by atoms with E-state index in [1.165, 1.54) is 122 Å². The van der Waals surface area contributed by atoms with Gasteiger partial charge in [0.15, 0.2) is 0 Å². The molecule has 0 unspecified atom stereocenters. The normalized spacial score (nSPS) is 17.2. The fourth-order valence-corrected chi connectivity index (χ4v) is 17.1. The van der Waals surface area contributed by atoms with E-state index >= 15 is 0 Å². The maximum absolute atomic E-state index is 7.42. The molecule has 2 aliphatic heterocycles. The van der Waals surface area contributed by atoms with Gasteiger partial charge in [0.2, 0.25) is 0 Å². The van der Waals surface area contributed by atoms with Crippen LogP contribution >= 0.6 is 11.3 Å². The van der Waals surface area contributed by atoms with Gasteiger partial charge in [-0.3, -0.25) is 0 Å². The van der Waals surface area contributed by atoms with Crippen LogP contribution in [0, 0.1) is 6.92 Å². The van der Waals surface area contributed by atoms with Crippen LogP contribution in [0.2, 0.25) is 0 Å². The van der Waals surface area contributed by atoms with Crippen molar-refractivity contribution in [1.82, 2.24) is 0 Å². The van der Waals surface area contributed by atoms with E-state index < -0.39 is 0 Å². The molecule has 4 heterocycles. The summed E-state index contributed by atoms with van der Waals surface area (Å²) in [6.45, 7) is 42.8. The predicted molar refractivity (Wildman–Crippen MR) is 386 cm³/mol. The van der Waals surface area contributed by atoms with E-state index in [-0.39, 0.29) is 44.8 Å². The van der Waals surface area contributed by atoms with E-state index in [4.69, 9.17) is 4.42 Å². The average molecular weight is 1190 g/mol. The van der Waals surface area contributed by atoms with Crippen LogP contribution in [0.15, 0.2) is 162 Å². The summed E-state index contributed by atoms with van der Waals surface area (Å²) in [5.41, 5.74) is 27.8. The molecule has 15 rings (SSSR count). The number of rotatable bonds is 5. The highest BCUT2D eigenvalue weighted by Crippen LogP contribution is 2.57. The topological polar surface area (TPSA) is 22.9 Å². The van der Waals surface area contributed by atoms with Crippen molar-refractivity contribution in [3.05, 3.63) is 202 Å². The number of aryl methyl sites for hydroxylation is 1. The third kappa shape index (κ3) is 9.01. The Bertz CT molecular complexity index is 4680. The van der Waals surface area contributed by atoms with Crippen molar-refractivity contribution < 1.29 is 4.42 Å². The van der Waals surface area contributed by atoms with Gasteiger partial charge in [-0.05, 0) is 211 Å². The van der Waals surface area contributed by atoms with Crippen molar-refractivity contribution in [3.8, 4) is 11.1 Å². The summed E-state index contributed by atoms with van der Waals surface area (Å²) < 4.78 is 9.95. The smallest absolute Gasteiger partial charge is 0.333 e. The maximum atomic E-state index is 7.42. The molecule has 2 aliphatic carbocycles. The number of furan rings is 1. The second-order valence-electron chi connectivity index (χ2n) is 32.8. The molecule has 0 saturated heterocycles. The first kappa shape index (κ1) is 57.9. The van der Waals surface area contributed by atoms with Gasteiger partial charge in [0.1, 0.15) is 11.2 Å². The molecule has 4 aliphatic rings. The number of hydrogen-bond donors (Lipinski definition) is 0. The monoisotopic (exact) mass is 1190 g/mol. The molecule has 0 amide bonds. The van der Waals surface area contributed by atoms with Gasteiger partial charge in [-0.2, -0.15) is 0 Å². The van der Waals surface area contributed by atoms with Gasteiger partial charge >= 0.3 is 6.85 Å². The zero-order valence-electron chi connectivity index (χ0n) is 56.1. The van der Waals surface area contributed by atoms with Gasteiger partial charge in [-0.1, -0.05) is 190 Å². The van der Waals surface area contributed by atoms with Crippen LogP contribution in [0.25, 0.3) is 53.2 Å². The summed E-state index contributed by atoms with van der Waals surface area (Å²) in [6, 6.07) is 62.3. The lowest BCUT2D eigenvalue weighted by Gasteiger charge is -2.49. The zero-order valence-corrected chi connectivity index (χ0v) is 56.9. The molecule has 0 bridgehead atoms. The molecule has 2 aromatic heterocycles. The van der Waals surface area contributed by atoms with Gasteiger partial charge in [-0.25, -0.2) is 0 Å². The quantitative estimate of drug-likeness (QED) is 0.160. The number of para-hydroxylation sites is 1. The molecule has 89 heavy (non-hydrogen) atoms. The predicted octanol–water partition coefficient (Wildman–Crippen LogP) is 23.0. The lowest BCUT2D eigenvalue weighted by molar-refractivity contribution is 0.331. The Hall–Kier alpha value is -7.54. The molecule has 9 aromatic carbocycles. The van der Waals surface area contributed by atoms with Gasteiger partial charge < -0.3 is 19.0 Å². The van der Waals surface area contributed by atoms with Crippen LogP contribution in [-0.2, 0) is 37.9 Å². The molecule has 0 N–H and O–H groups in total. The van der Waals surface area contributed by atoms with Gasteiger partial charge in [0.25, 0.3) is 0 Å². The minimum atomic E-state index is -0.197. The van der Waals surface area contributed by atoms with Crippen molar-refractivity contribution in [3.63, 3.8) is 0 Å². The molecule has 0 radical (unpaired) electrons. The van der Waals surface area contributed by atoms with Crippen LogP contribution in [0.4, 0.5) is 45.5 Å². The van der Waals surface area contributed by atoms with E-state index in [1.807, 2.05) is 11.3 Å². The summed E-state index contributed by atoms with van der Waals surface area (Å²) in [6.07, 6.45) is 4.59. The largest absolute Gasteiger partial charge is 0.455 e.